The molecule has 0 spiro atoms. The molecule has 2 aromatic carbocycles. The fourth-order valence-electron chi connectivity index (χ4n) is 4.29. The Morgan fingerprint density at radius 3 is 2.37 bits per heavy atom. The van der Waals surface area contributed by atoms with Crippen LogP contribution in [-0.2, 0) is 13.2 Å². The van der Waals surface area contributed by atoms with Gasteiger partial charge < -0.3 is 18.9 Å². The molecule has 35 heavy (non-hydrogen) atoms. The minimum atomic E-state index is -4.55. The van der Waals surface area contributed by atoms with Crippen molar-refractivity contribution in [2.75, 3.05) is 25.1 Å². The van der Waals surface area contributed by atoms with Gasteiger partial charge in [0.25, 0.3) is 0 Å². The summed E-state index contributed by atoms with van der Waals surface area (Å²) in [5.74, 6) is -0.529. The summed E-state index contributed by atoms with van der Waals surface area (Å²) in [6, 6.07) is 6.64. The molecule has 0 aliphatic carbocycles. The standard InChI is InChI=1S/C23H21F4N3O5/c1-28-17-5-4-14(24)12-16(17)20(21(22(28)31)30(32)33)29-9-7-15(8-10-29)35-19-11-13(23(25,26)27)3-6-18(19)34-2/h3-6,11-12,15H,7-10H2,1-2H3. The average Bonchev–Trinajstić information content (AvgIpc) is 2.81. The van der Waals surface area contributed by atoms with Crippen molar-refractivity contribution in [1.29, 1.82) is 0 Å². The van der Waals surface area contributed by atoms with Crippen LogP contribution in [-0.4, -0.2) is 35.8 Å². The predicted molar refractivity (Wildman–Crippen MR) is 120 cm³/mol. The Hall–Kier alpha value is -3.83. The molecule has 1 aliphatic rings. The van der Waals surface area contributed by atoms with Crippen molar-refractivity contribution < 1.29 is 32.0 Å². The summed E-state index contributed by atoms with van der Waals surface area (Å²) >= 11 is 0. The molecule has 8 nitrogen and oxygen atoms in total. The first-order valence-electron chi connectivity index (χ1n) is 10.6. The molecule has 0 bridgehead atoms. The number of nitrogens with zero attached hydrogens (tertiary/aromatic N) is 3. The van der Waals surface area contributed by atoms with Crippen molar-refractivity contribution in [1.82, 2.24) is 4.57 Å². The largest absolute Gasteiger partial charge is 0.493 e. The summed E-state index contributed by atoms with van der Waals surface area (Å²) < 4.78 is 65.5. The van der Waals surface area contributed by atoms with Crippen molar-refractivity contribution in [2.45, 2.75) is 25.1 Å². The van der Waals surface area contributed by atoms with Crippen molar-refractivity contribution >= 4 is 22.3 Å². The molecule has 0 amide bonds. The lowest BCUT2D eigenvalue weighted by molar-refractivity contribution is -0.385. The van der Waals surface area contributed by atoms with Crippen LogP contribution in [0.1, 0.15) is 18.4 Å². The van der Waals surface area contributed by atoms with Crippen LogP contribution in [0.3, 0.4) is 0 Å². The van der Waals surface area contributed by atoms with E-state index in [0.29, 0.717) is 18.4 Å². The van der Waals surface area contributed by atoms with Gasteiger partial charge in [-0.15, -0.1) is 0 Å². The highest BCUT2D eigenvalue weighted by Crippen LogP contribution is 2.39. The van der Waals surface area contributed by atoms with E-state index < -0.39 is 39.8 Å². The van der Waals surface area contributed by atoms with E-state index in [1.54, 1.807) is 4.90 Å². The lowest BCUT2D eigenvalue weighted by Gasteiger charge is -2.34. The van der Waals surface area contributed by atoms with E-state index in [1.165, 1.54) is 32.4 Å². The molecule has 2 heterocycles. The number of hydrogen-bond donors (Lipinski definition) is 0. The van der Waals surface area contributed by atoms with Gasteiger partial charge in [0.1, 0.15) is 17.6 Å². The van der Waals surface area contributed by atoms with Crippen LogP contribution in [0.25, 0.3) is 10.9 Å². The molecule has 186 valence electrons. The van der Waals surface area contributed by atoms with Gasteiger partial charge in [-0.1, -0.05) is 0 Å². The minimum absolute atomic E-state index is 0.0164. The second-order valence-electron chi connectivity index (χ2n) is 8.15. The molecule has 1 saturated heterocycles. The second-order valence-corrected chi connectivity index (χ2v) is 8.15. The van der Waals surface area contributed by atoms with Gasteiger partial charge in [0, 0.05) is 38.4 Å². The lowest BCUT2D eigenvalue weighted by atomic mass is 10.0. The Kier molecular flexibility index (Phi) is 6.30. The monoisotopic (exact) mass is 495 g/mol. The normalized spacial score (nSPS) is 14.9. The van der Waals surface area contributed by atoms with E-state index in [1.807, 2.05) is 0 Å². The number of ether oxygens (including phenoxy) is 2. The lowest BCUT2D eigenvalue weighted by Crippen LogP contribution is -2.39. The Morgan fingerprint density at radius 2 is 1.77 bits per heavy atom. The number of aryl methyl sites for hydroxylation is 1. The Morgan fingerprint density at radius 1 is 1.09 bits per heavy atom. The summed E-state index contributed by atoms with van der Waals surface area (Å²) in [4.78, 5) is 25.4. The molecular weight excluding hydrogens is 474 g/mol. The summed E-state index contributed by atoms with van der Waals surface area (Å²) in [7, 11) is 2.69. The summed E-state index contributed by atoms with van der Waals surface area (Å²) in [5, 5.41) is 12.0. The molecule has 1 fully saturated rings. The zero-order chi connectivity index (χ0) is 25.5. The quantitative estimate of drug-likeness (QED) is 0.291. The number of rotatable bonds is 5. The van der Waals surface area contributed by atoms with Crippen LogP contribution >= 0.6 is 0 Å². The Labute approximate surface area is 196 Å². The third-order valence-electron chi connectivity index (χ3n) is 6.03. The number of benzene rings is 2. The maximum atomic E-state index is 14.1. The number of piperidine rings is 1. The van der Waals surface area contributed by atoms with Gasteiger partial charge in [0.2, 0.25) is 0 Å². The third kappa shape index (κ3) is 4.60. The van der Waals surface area contributed by atoms with Crippen molar-refractivity contribution in [2.24, 2.45) is 7.05 Å². The van der Waals surface area contributed by atoms with Gasteiger partial charge in [-0.2, -0.15) is 13.2 Å². The van der Waals surface area contributed by atoms with Crippen LogP contribution in [0.5, 0.6) is 11.5 Å². The minimum Gasteiger partial charge on any atom is -0.493 e. The third-order valence-corrected chi connectivity index (χ3v) is 6.03. The van der Waals surface area contributed by atoms with Gasteiger partial charge in [-0.25, -0.2) is 4.39 Å². The number of fused-ring (bicyclic) bond motifs is 1. The number of nitro groups is 1. The number of hydrogen-bond acceptors (Lipinski definition) is 6. The van der Waals surface area contributed by atoms with Crippen LogP contribution in [0.2, 0.25) is 0 Å². The Balaban J connectivity index is 1.64. The van der Waals surface area contributed by atoms with Crippen LogP contribution in [0.15, 0.2) is 41.2 Å². The van der Waals surface area contributed by atoms with E-state index in [2.05, 4.69) is 0 Å². The van der Waals surface area contributed by atoms with E-state index >= 15 is 0 Å². The summed E-state index contributed by atoms with van der Waals surface area (Å²) in [5.41, 5.74) is -2.01. The molecule has 0 radical (unpaired) electrons. The summed E-state index contributed by atoms with van der Waals surface area (Å²) in [6.07, 6.45) is -4.47. The molecular formula is C23H21F4N3O5. The highest BCUT2D eigenvalue weighted by Gasteiger charge is 2.34. The first kappa shape index (κ1) is 24.3. The first-order valence-corrected chi connectivity index (χ1v) is 10.6. The number of methoxy groups -OCH3 is 1. The zero-order valence-electron chi connectivity index (χ0n) is 18.8. The molecule has 0 saturated carbocycles. The fourth-order valence-corrected chi connectivity index (χ4v) is 4.29. The summed E-state index contributed by atoms with van der Waals surface area (Å²) in [6.45, 7) is 0.400. The maximum absolute atomic E-state index is 14.1. The second kappa shape index (κ2) is 9.08. The van der Waals surface area contributed by atoms with Crippen molar-refractivity contribution in [3.63, 3.8) is 0 Å². The number of halogens is 4. The van der Waals surface area contributed by atoms with Crippen LogP contribution in [0, 0.1) is 15.9 Å². The van der Waals surface area contributed by atoms with Gasteiger partial charge in [-0.3, -0.25) is 14.9 Å². The molecule has 12 heteroatoms. The molecule has 1 aliphatic heterocycles. The number of pyridine rings is 1. The van der Waals surface area contributed by atoms with Gasteiger partial charge >= 0.3 is 17.4 Å². The molecule has 0 unspecified atom stereocenters. The zero-order valence-corrected chi connectivity index (χ0v) is 18.8. The van der Waals surface area contributed by atoms with Crippen molar-refractivity contribution in [3.8, 4) is 11.5 Å². The molecule has 4 rings (SSSR count). The molecule has 1 aromatic heterocycles. The molecule has 3 aromatic rings. The fraction of sp³-hybridized carbons (Fsp3) is 0.348. The predicted octanol–water partition coefficient (Wildman–Crippen LogP) is 4.66. The van der Waals surface area contributed by atoms with Crippen molar-refractivity contribution in [3.05, 3.63) is 68.2 Å². The van der Waals surface area contributed by atoms with Crippen LogP contribution < -0.4 is 19.9 Å². The first-order chi connectivity index (χ1) is 16.5. The molecule has 0 N–H and O–H groups in total. The highest BCUT2D eigenvalue weighted by molar-refractivity contribution is 5.96. The average molecular weight is 495 g/mol. The van der Waals surface area contributed by atoms with Crippen LogP contribution in [0.4, 0.5) is 28.9 Å². The number of anilines is 1. The number of alkyl halides is 3. The molecule has 0 atom stereocenters. The topological polar surface area (TPSA) is 86.8 Å². The van der Waals surface area contributed by atoms with E-state index in [0.717, 1.165) is 22.8 Å². The maximum Gasteiger partial charge on any atom is 0.416 e. The number of aromatic nitrogens is 1. The van der Waals surface area contributed by atoms with Gasteiger partial charge in [0.05, 0.1) is 23.1 Å². The SMILES string of the molecule is COc1ccc(C(F)(F)F)cc1OC1CCN(c2c([N+](=O)[O-])c(=O)n(C)c3ccc(F)cc23)CC1. The van der Waals surface area contributed by atoms with E-state index in [9.17, 15) is 32.5 Å². The van der Waals surface area contributed by atoms with E-state index in [4.69, 9.17) is 9.47 Å². The smallest absolute Gasteiger partial charge is 0.416 e. The Bertz CT molecular complexity index is 1350. The highest BCUT2D eigenvalue weighted by atomic mass is 19.4. The van der Waals surface area contributed by atoms with Gasteiger partial charge in [0.15, 0.2) is 11.5 Å². The van der Waals surface area contributed by atoms with Gasteiger partial charge in [-0.05, 0) is 36.4 Å². The van der Waals surface area contributed by atoms with E-state index in [-0.39, 0.29) is 35.7 Å².